The van der Waals surface area contributed by atoms with E-state index in [-0.39, 0.29) is 5.97 Å². The number of hydrogen-bond donors (Lipinski definition) is 0. The van der Waals surface area contributed by atoms with Crippen molar-refractivity contribution >= 4 is 5.97 Å². The number of carbonyl (C=O) groups is 1. The van der Waals surface area contributed by atoms with E-state index in [2.05, 4.69) is 30.8 Å². The van der Waals surface area contributed by atoms with E-state index < -0.39 is 5.41 Å². The predicted octanol–water partition coefficient (Wildman–Crippen LogP) is 3.92. The Morgan fingerprint density at radius 3 is 1.76 bits per heavy atom. The van der Waals surface area contributed by atoms with E-state index in [1.807, 2.05) is 36.4 Å². The minimum Gasteiger partial charge on any atom is -0.431 e. The summed E-state index contributed by atoms with van der Waals surface area (Å²) in [5, 5.41) is 0. The van der Waals surface area contributed by atoms with Gasteiger partial charge in [0.15, 0.2) is 0 Å². The smallest absolute Gasteiger partial charge is 0.318 e. The monoisotopic (exact) mass is 278 g/mol. The van der Waals surface area contributed by atoms with Crippen molar-refractivity contribution in [1.82, 2.24) is 0 Å². The van der Waals surface area contributed by atoms with Crippen LogP contribution in [-0.4, -0.2) is 5.97 Å². The molecule has 1 saturated heterocycles. The topological polar surface area (TPSA) is 26.3 Å². The van der Waals surface area contributed by atoms with E-state index >= 15 is 0 Å². The lowest BCUT2D eigenvalue weighted by Crippen LogP contribution is -2.31. The average Bonchev–Trinajstić information content (AvgIpc) is 2.75. The second-order valence-electron chi connectivity index (χ2n) is 5.71. The van der Waals surface area contributed by atoms with Crippen molar-refractivity contribution in [2.45, 2.75) is 19.3 Å². The third kappa shape index (κ3) is 2.89. The summed E-state index contributed by atoms with van der Waals surface area (Å²) >= 11 is 0. The summed E-state index contributed by atoms with van der Waals surface area (Å²) in [7, 11) is 0. The molecule has 0 radical (unpaired) electrons. The summed E-state index contributed by atoms with van der Waals surface area (Å²) < 4.78 is 5.29. The van der Waals surface area contributed by atoms with Gasteiger partial charge in [0.25, 0.3) is 0 Å². The molecule has 1 aliphatic heterocycles. The Labute approximate surface area is 125 Å². The molecule has 3 rings (SSSR count). The number of rotatable bonds is 4. The molecule has 0 aliphatic carbocycles. The fourth-order valence-electron chi connectivity index (χ4n) is 3.03. The van der Waals surface area contributed by atoms with Crippen LogP contribution in [0.5, 0.6) is 0 Å². The van der Waals surface area contributed by atoms with Crippen LogP contribution in [-0.2, 0) is 22.4 Å². The zero-order chi connectivity index (χ0) is 14.7. The first-order valence-electron chi connectivity index (χ1n) is 7.16. The van der Waals surface area contributed by atoms with Crippen molar-refractivity contribution in [1.29, 1.82) is 0 Å². The normalized spacial score (nSPS) is 16.8. The molecule has 0 saturated carbocycles. The molecule has 0 atom stereocenters. The lowest BCUT2D eigenvalue weighted by atomic mass is 9.75. The summed E-state index contributed by atoms with van der Waals surface area (Å²) in [6.45, 7) is 3.84. The van der Waals surface area contributed by atoms with E-state index in [0.717, 1.165) is 11.1 Å². The minimum absolute atomic E-state index is 0.153. The van der Waals surface area contributed by atoms with Crippen LogP contribution in [0.2, 0.25) is 0 Å². The fourth-order valence-corrected chi connectivity index (χ4v) is 3.03. The molecular formula is C19H18O2. The van der Waals surface area contributed by atoms with E-state index in [9.17, 15) is 4.79 Å². The summed E-state index contributed by atoms with van der Waals surface area (Å²) in [6.07, 6.45) is 1.96. The van der Waals surface area contributed by atoms with Gasteiger partial charge in [0.1, 0.15) is 5.76 Å². The predicted molar refractivity (Wildman–Crippen MR) is 82.6 cm³/mol. The minimum atomic E-state index is -0.528. The van der Waals surface area contributed by atoms with Crippen LogP contribution in [0.3, 0.4) is 0 Å². The highest BCUT2D eigenvalue weighted by molar-refractivity contribution is 5.81. The number of allylic oxidation sites excluding steroid dienone is 1. The zero-order valence-corrected chi connectivity index (χ0v) is 11.9. The molecule has 2 aromatic carbocycles. The third-order valence-electron chi connectivity index (χ3n) is 3.98. The molecule has 0 N–H and O–H groups in total. The average molecular weight is 278 g/mol. The van der Waals surface area contributed by atoms with Crippen molar-refractivity contribution in [2.75, 3.05) is 0 Å². The molecule has 2 aromatic rings. The van der Waals surface area contributed by atoms with Crippen molar-refractivity contribution in [3.05, 3.63) is 84.1 Å². The Morgan fingerprint density at radius 2 is 1.38 bits per heavy atom. The molecule has 0 unspecified atom stereocenters. The van der Waals surface area contributed by atoms with Crippen molar-refractivity contribution < 1.29 is 9.53 Å². The zero-order valence-electron chi connectivity index (χ0n) is 11.9. The number of esters is 1. The highest BCUT2D eigenvalue weighted by Gasteiger charge is 2.46. The van der Waals surface area contributed by atoms with Gasteiger partial charge in [0.2, 0.25) is 0 Å². The molecule has 0 spiro atoms. The Bertz CT molecular complexity index is 602. The molecule has 2 heteroatoms. The van der Waals surface area contributed by atoms with Gasteiger partial charge in [0, 0.05) is 6.42 Å². The van der Waals surface area contributed by atoms with Crippen LogP contribution in [0.1, 0.15) is 17.5 Å². The van der Waals surface area contributed by atoms with E-state index in [1.165, 1.54) is 0 Å². The van der Waals surface area contributed by atoms with Crippen molar-refractivity contribution in [2.24, 2.45) is 5.41 Å². The molecule has 1 fully saturated rings. The number of ether oxygens (including phenoxy) is 1. The van der Waals surface area contributed by atoms with Crippen LogP contribution in [0.15, 0.2) is 73.0 Å². The van der Waals surface area contributed by atoms with Gasteiger partial charge >= 0.3 is 5.97 Å². The van der Waals surface area contributed by atoms with Gasteiger partial charge in [-0.15, -0.1) is 0 Å². The first-order valence-corrected chi connectivity index (χ1v) is 7.16. The van der Waals surface area contributed by atoms with Gasteiger partial charge in [0.05, 0.1) is 5.41 Å². The van der Waals surface area contributed by atoms with Gasteiger partial charge in [-0.2, -0.15) is 0 Å². The molecule has 106 valence electrons. The van der Waals surface area contributed by atoms with Gasteiger partial charge in [-0.1, -0.05) is 67.2 Å². The molecule has 1 heterocycles. The lowest BCUT2D eigenvalue weighted by Gasteiger charge is -2.24. The van der Waals surface area contributed by atoms with E-state index in [4.69, 9.17) is 4.74 Å². The fraction of sp³-hybridized carbons (Fsp3) is 0.211. The second-order valence-corrected chi connectivity index (χ2v) is 5.71. The number of carbonyl (C=O) groups excluding carboxylic acids is 1. The first-order chi connectivity index (χ1) is 10.2. The largest absolute Gasteiger partial charge is 0.431 e. The molecular weight excluding hydrogens is 260 g/mol. The van der Waals surface area contributed by atoms with Gasteiger partial charge in [-0.3, -0.25) is 4.79 Å². The van der Waals surface area contributed by atoms with Crippen LogP contribution in [0.25, 0.3) is 0 Å². The van der Waals surface area contributed by atoms with Crippen LogP contribution < -0.4 is 0 Å². The SMILES string of the molecule is C=C1CC(Cc2ccccc2)(Cc2ccccc2)C(=O)O1. The lowest BCUT2D eigenvalue weighted by molar-refractivity contribution is -0.144. The second kappa shape index (κ2) is 5.57. The Balaban J connectivity index is 1.92. The third-order valence-corrected chi connectivity index (χ3v) is 3.98. The van der Waals surface area contributed by atoms with E-state index in [1.54, 1.807) is 0 Å². The Hall–Kier alpha value is -2.35. The van der Waals surface area contributed by atoms with E-state index in [0.29, 0.717) is 25.0 Å². The van der Waals surface area contributed by atoms with Gasteiger partial charge in [-0.25, -0.2) is 0 Å². The first kappa shape index (κ1) is 13.6. The highest BCUT2D eigenvalue weighted by atomic mass is 16.5. The molecule has 0 bridgehead atoms. The van der Waals surface area contributed by atoms with Gasteiger partial charge in [-0.05, 0) is 24.0 Å². The maximum Gasteiger partial charge on any atom is 0.318 e. The molecule has 0 amide bonds. The van der Waals surface area contributed by atoms with Crippen LogP contribution in [0.4, 0.5) is 0 Å². The van der Waals surface area contributed by atoms with Crippen molar-refractivity contribution in [3.63, 3.8) is 0 Å². The summed E-state index contributed by atoms with van der Waals surface area (Å²) in [4.78, 5) is 12.4. The Kier molecular flexibility index (Phi) is 3.61. The summed E-state index contributed by atoms with van der Waals surface area (Å²) in [6, 6.07) is 20.2. The quantitative estimate of drug-likeness (QED) is 0.792. The van der Waals surface area contributed by atoms with Gasteiger partial charge < -0.3 is 4.74 Å². The summed E-state index contributed by atoms with van der Waals surface area (Å²) in [5.41, 5.74) is 1.78. The molecule has 21 heavy (non-hydrogen) atoms. The number of cyclic esters (lactones) is 1. The Morgan fingerprint density at radius 1 is 0.905 bits per heavy atom. The molecule has 0 aromatic heterocycles. The van der Waals surface area contributed by atoms with Crippen LogP contribution >= 0.6 is 0 Å². The molecule has 2 nitrogen and oxygen atoms in total. The maximum absolute atomic E-state index is 12.4. The highest BCUT2D eigenvalue weighted by Crippen LogP contribution is 2.41. The van der Waals surface area contributed by atoms with Crippen LogP contribution in [0, 0.1) is 5.41 Å². The maximum atomic E-state index is 12.4. The number of hydrogen-bond acceptors (Lipinski definition) is 2. The van der Waals surface area contributed by atoms with Crippen molar-refractivity contribution in [3.8, 4) is 0 Å². The standard InChI is InChI=1S/C19H18O2/c1-15-12-19(18(20)21-15,13-16-8-4-2-5-9-16)14-17-10-6-3-7-11-17/h2-11H,1,12-14H2. The number of benzene rings is 2. The summed E-state index contributed by atoms with van der Waals surface area (Å²) in [5.74, 6) is 0.423. The molecule has 1 aliphatic rings.